The fourth-order valence-electron chi connectivity index (χ4n) is 3.55. The van der Waals surface area contributed by atoms with Gasteiger partial charge in [0.25, 0.3) is 5.91 Å². The molecule has 0 aromatic heterocycles. The number of anilines is 1. The van der Waals surface area contributed by atoms with E-state index in [1.54, 1.807) is 6.07 Å². The van der Waals surface area contributed by atoms with Crippen LogP contribution in [0.25, 0.3) is 0 Å². The van der Waals surface area contributed by atoms with E-state index in [2.05, 4.69) is 12.2 Å². The Morgan fingerprint density at radius 2 is 1.86 bits per heavy atom. The predicted octanol–water partition coefficient (Wildman–Crippen LogP) is 4.63. The molecular formula is C21H25ClN2O3S. The molecular weight excluding hydrogens is 396 g/mol. The van der Waals surface area contributed by atoms with Gasteiger partial charge in [-0.05, 0) is 74.1 Å². The highest BCUT2D eigenvalue weighted by Gasteiger charge is 2.28. The Bertz CT molecular complexity index is 964. The summed E-state index contributed by atoms with van der Waals surface area (Å²) in [5, 5.41) is 3.29. The van der Waals surface area contributed by atoms with Crippen molar-refractivity contribution >= 4 is 33.2 Å². The minimum Gasteiger partial charge on any atom is -0.320 e. The lowest BCUT2D eigenvalue weighted by Gasteiger charge is -2.30. The summed E-state index contributed by atoms with van der Waals surface area (Å²) in [5.41, 5.74) is 2.83. The zero-order valence-corrected chi connectivity index (χ0v) is 17.9. The molecule has 1 aliphatic heterocycles. The minimum atomic E-state index is -3.53. The molecule has 1 fully saturated rings. The van der Waals surface area contributed by atoms with Crippen molar-refractivity contribution in [2.45, 2.75) is 38.5 Å². The van der Waals surface area contributed by atoms with E-state index in [1.165, 1.54) is 28.6 Å². The van der Waals surface area contributed by atoms with Crippen LogP contribution >= 0.6 is 11.6 Å². The number of nitrogens with one attached hydrogen (secondary N) is 1. The van der Waals surface area contributed by atoms with Gasteiger partial charge in [0.2, 0.25) is 10.0 Å². The quantitative estimate of drug-likeness (QED) is 0.784. The van der Waals surface area contributed by atoms with Gasteiger partial charge in [0.1, 0.15) is 0 Å². The molecule has 0 radical (unpaired) electrons. The number of piperidine rings is 1. The van der Waals surface area contributed by atoms with Crippen LogP contribution in [0.5, 0.6) is 0 Å². The average Bonchev–Trinajstić information content (AvgIpc) is 2.64. The molecule has 2 aromatic rings. The Balaban J connectivity index is 1.78. The van der Waals surface area contributed by atoms with Gasteiger partial charge in [0.05, 0.1) is 15.6 Å². The van der Waals surface area contributed by atoms with Gasteiger partial charge in [-0.2, -0.15) is 4.31 Å². The molecule has 0 bridgehead atoms. The summed E-state index contributed by atoms with van der Waals surface area (Å²) in [6, 6.07) is 9.79. The number of hydrogen-bond acceptors (Lipinski definition) is 3. The van der Waals surface area contributed by atoms with Crippen molar-refractivity contribution in [2.24, 2.45) is 5.92 Å². The molecule has 3 rings (SSSR count). The summed E-state index contributed by atoms with van der Waals surface area (Å²) in [5.74, 6) is 0.0282. The number of aryl methyl sites for hydroxylation is 2. The van der Waals surface area contributed by atoms with Crippen molar-refractivity contribution in [1.82, 2.24) is 4.31 Å². The molecule has 150 valence electrons. The zero-order valence-electron chi connectivity index (χ0n) is 16.3. The van der Waals surface area contributed by atoms with E-state index in [0.717, 1.165) is 24.0 Å². The number of carbonyl (C=O) groups excluding carboxylic acids is 1. The number of halogens is 1. The van der Waals surface area contributed by atoms with Crippen molar-refractivity contribution in [3.63, 3.8) is 0 Å². The summed E-state index contributed by atoms with van der Waals surface area (Å²) in [6.45, 7) is 6.96. The second-order valence-corrected chi connectivity index (χ2v) is 9.87. The molecule has 1 heterocycles. The molecule has 1 saturated heterocycles. The molecule has 0 spiro atoms. The van der Waals surface area contributed by atoms with Crippen molar-refractivity contribution in [2.75, 3.05) is 18.4 Å². The molecule has 1 atom stereocenters. The maximum absolute atomic E-state index is 12.8. The fourth-order valence-corrected chi connectivity index (χ4v) is 5.52. The van der Waals surface area contributed by atoms with Gasteiger partial charge in [0, 0.05) is 18.7 Å². The molecule has 2 aromatic carbocycles. The van der Waals surface area contributed by atoms with E-state index >= 15 is 0 Å². The minimum absolute atomic E-state index is 0.211. The monoisotopic (exact) mass is 420 g/mol. The molecule has 1 amide bonds. The van der Waals surface area contributed by atoms with Crippen molar-refractivity contribution in [1.29, 1.82) is 0 Å². The van der Waals surface area contributed by atoms with Gasteiger partial charge in [-0.25, -0.2) is 8.42 Å². The van der Waals surface area contributed by atoms with Gasteiger partial charge in [0.15, 0.2) is 0 Å². The van der Waals surface area contributed by atoms with E-state index in [1.807, 2.05) is 19.9 Å². The maximum Gasteiger partial charge on any atom is 0.255 e. The third kappa shape index (κ3) is 4.40. The Morgan fingerprint density at radius 3 is 2.46 bits per heavy atom. The first-order valence-electron chi connectivity index (χ1n) is 9.37. The number of hydrogen-bond donors (Lipinski definition) is 1. The van der Waals surface area contributed by atoms with E-state index < -0.39 is 10.0 Å². The van der Waals surface area contributed by atoms with Crippen LogP contribution in [-0.2, 0) is 10.0 Å². The average molecular weight is 421 g/mol. The first kappa shape index (κ1) is 20.8. The Hall–Kier alpha value is -1.89. The number of nitrogens with zero attached hydrogens (tertiary/aromatic N) is 1. The van der Waals surface area contributed by atoms with Crippen LogP contribution < -0.4 is 5.32 Å². The molecule has 28 heavy (non-hydrogen) atoms. The summed E-state index contributed by atoms with van der Waals surface area (Å²) in [6.07, 6.45) is 1.92. The molecule has 0 aliphatic carbocycles. The zero-order chi connectivity index (χ0) is 20.5. The number of amides is 1. The van der Waals surface area contributed by atoms with Crippen molar-refractivity contribution < 1.29 is 13.2 Å². The Kier molecular flexibility index (Phi) is 6.12. The first-order chi connectivity index (χ1) is 13.2. The Morgan fingerprint density at radius 1 is 1.18 bits per heavy atom. The van der Waals surface area contributed by atoms with Crippen LogP contribution in [0.15, 0.2) is 41.3 Å². The Labute approximate surface area is 171 Å². The highest BCUT2D eigenvalue weighted by Crippen LogP contribution is 2.28. The van der Waals surface area contributed by atoms with Crippen LogP contribution in [0.4, 0.5) is 5.69 Å². The molecule has 7 heteroatoms. The number of rotatable bonds is 4. The lowest BCUT2D eigenvalue weighted by Crippen LogP contribution is -2.39. The second-order valence-electron chi connectivity index (χ2n) is 7.53. The fraction of sp³-hybridized carbons (Fsp3) is 0.381. The van der Waals surface area contributed by atoms with E-state index in [9.17, 15) is 13.2 Å². The standard InChI is InChI=1S/C21H25ClN2O3S/c1-14-5-4-10-24(13-14)28(26,27)18-8-6-17(7-9-18)21(25)23-20-16(3)11-15(2)12-19(20)22/h6-9,11-12,14H,4-5,10,13H2,1-3H3,(H,23,25). The SMILES string of the molecule is Cc1cc(C)c(NC(=O)c2ccc(S(=O)(=O)N3CCCC(C)C3)cc2)c(Cl)c1. The van der Waals surface area contributed by atoms with Crippen LogP contribution in [-0.4, -0.2) is 31.7 Å². The molecule has 5 nitrogen and oxygen atoms in total. The van der Waals surface area contributed by atoms with Crippen molar-refractivity contribution in [3.8, 4) is 0 Å². The lowest BCUT2D eigenvalue weighted by atomic mass is 10.0. The summed E-state index contributed by atoms with van der Waals surface area (Å²) >= 11 is 6.25. The van der Waals surface area contributed by atoms with E-state index in [4.69, 9.17) is 11.6 Å². The van der Waals surface area contributed by atoms with Crippen molar-refractivity contribution in [3.05, 3.63) is 58.1 Å². The highest BCUT2D eigenvalue weighted by molar-refractivity contribution is 7.89. The molecule has 0 saturated carbocycles. The summed E-state index contributed by atoms with van der Waals surface area (Å²) in [7, 11) is -3.53. The molecule has 1 N–H and O–H groups in total. The summed E-state index contributed by atoms with van der Waals surface area (Å²) < 4.78 is 27.2. The highest BCUT2D eigenvalue weighted by atomic mass is 35.5. The van der Waals surface area contributed by atoms with Crippen LogP contribution in [0.1, 0.15) is 41.3 Å². The van der Waals surface area contributed by atoms with Gasteiger partial charge >= 0.3 is 0 Å². The van der Waals surface area contributed by atoms with E-state index in [0.29, 0.717) is 35.3 Å². The van der Waals surface area contributed by atoms with Crippen LogP contribution in [0, 0.1) is 19.8 Å². The second kappa shape index (κ2) is 8.23. The smallest absolute Gasteiger partial charge is 0.255 e. The van der Waals surface area contributed by atoms with Gasteiger partial charge in [-0.3, -0.25) is 4.79 Å². The summed E-state index contributed by atoms with van der Waals surface area (Å²) in [4.78, 5) is 12.8. The van der Waals surface area contributed by atoms with Crippen LogP contribution in [0.2, 0.25) is 5.02 Å². The predicted molar refractivity (Wildman–Crippen MR) is 112 cm³/mol. The molecule has 1 aliphatic rings. The largest absolute Gasteiger partial charge is 0.320 e. The lowest BCUT2D eigenvalue weighted by molar-refractivity contribution is 0.102. The van der Waals surface area contributed by atoms with Gasteiger partial charge in [-0.1, -0.05) is 24.6 Å². The first-order valence-corrected chi connectivity index (χ1v) is 11.2. The maximum atomic E-state index is 12.8. The third-order valence-electron chi connectivity index (χ3n) is 5.04. The topological polar surface area (TPSA) is 66.5 Å². The number of benzene rings is 2. The van der Waals surface area contributed by atoms with E-state index in [-0.39, 0.29) is 10.8 Å². The normalized spacial score (nSPS) is 18.1. The van der Waals surface area contributed by atoms with Gasteiger partial charge < -0.3 is 5.32 Å². The number of sulfonamides is 1. The van der Waals surface area contributed by atoms with Crippen LogP contribution in [0.3, 0.4) is 0 Å². The third-order valence-corrected chi connectivity index (χ3v) is 7.22. The molecule has 1 unspecified atom stereocenters. The number of carbonyl (C=O) groups is 1. The van der Waals surface area contributed by atoms with Gasteiger partial charge in [-0.15, -0.1) is 0 Å².